The van der Waals surface area contributed by atoms with Crippen LogP contribution < -0.4 is 5.32 Å². The lowest BCUT2D eigenvalue weighted by Gasteiger charge is -2.30. The summed E-state index contributed by atoms with van der Waals surface area (Å²) in [5, 5.41) is 12.3. The van der Waals surface area contributed by atoms with Gasteiger partial charge in [0.2, 0.25) is 11.0 Å². The van der Waals surface area contributed by atoms with E-state index in [2.05, 4.69) is 52.8 Å². The van der Waals surface area contributed by atoms with Crippen LogP contribution in [0.3, 0.4) is 0 Å². The van der Waals surface area contributed by atoms with Gasteiger partial charge in [-0.1, -0.05) is 59.5 Å². The highest BCUT2D eigenvalue weighted by molar-refractivity contribution is 8.02. The van der Waals surface area contributed by atoms with Crippen molar-refractivity contribution in [3.05, 3.63) is 65.2 Å². The van der Waals surface area contributed by atoms with E-state index in [-0.39, 0.29) is 11.2 Å². The number of hydrogen-bond acceptors (Lipinski definition) is 6. The molecule has 2 aromatic carbocycles. The van der Waals surface area contributed by atoms with Gasteiger partial charge in [-0.2, -0.15) is 0 Å². The van der Waals surface area contributed by atoms with E-state index in [0.717, 1.165) is 28.1 Å². The molecule has 0 saturated heterocycles. The molecule has 0 fully saturated rings. The number of rotatable bonds is 5. The van der Waals surface area contributed by atoms with Gasteiger partial charge >= 0.3 is 0 Å². The molecule has 4 rings (SSSR count). The van der Waals surface area contributed by atoms with Crippen molar-refractivity contribution in [2.75, 3.05) is 11.9 Å². The molecule has 1 amide bonds. The van der Waals surface area contributed by atoms with E-state index in [0.29, 0.717) is 6.54 Å². The molecule has 28 heavy (non-hydrogen) atoms. The monoisotopic (exact) mass is 410 g/mol. The van der Waals surface area contributed by atoms with Gasteiger partial charge < -0.3 is 10.2 Å². The van der Waals surface area contributed by atoms with Crippen molar-refractivity contribution in [3.63, 3.8) is 0 Å². The summed E-state index contributed by atoms with van der Waals surface area (Å²) in [6.45, 7) is 5.47. The summed E-state index contributed by atoms with van der Waals surface area (Å²) in [7, 11) is 0. The quantitative estimate of drug-likeness (QED) is 0.620. The van der Waals surface area contributed by atoms with E-state index in [4.69, 9.17) is 0 Å². The molecule has 1 aliphatic rings. The Kier molecular flexibility index (Phi) is 5.64. The predicted molar refractivity (Wildman–Crippen MR) is 115 cm³/mol. The van der Waals surface area contributed by atoms with Crippen LogP contribution in [0.1, 0.15) is 23.6 Å². The Morgan fingerprint density at radius 2 is 2.00 bits per heavy atom. The van der Waals surface area contributed by atoms with Crippen LogP contribution in [0.5, 0.6) is 0 Å². The number of carbonyl (C=O) groups excluding carboxylic acids is 1. The van der Waals surface area contributed by atoms with Crippen LogP contribution in [0.15, 0.2) is 52.9 Å². The minimum absolute atomic E-state index is 0.155. The highest BCUT2D eigenvalue weighted by atomic mass is 32.2. The second-order valence-electron chi connectivity index (χ2n) is 6.91. The summed E-state index contributed by atoms with van der Waals surface area (Å²) < 4.78 is 0.799. The van der Waals surface area contributed by atoms with Gasteiger partial charge in [0.15, 0.2) is 4.34 Å². The maximum atomic E-state index is 12.9. The highest BCUT2D eigenvalue weighted by Crippen LogP contribution is 2.32. The molecule has 0 radical (unpaired) electrons. The Morgan fingerprint density at radius 3 is 2.82 bits per heavy atom. The van der Waals surface area contributed by atoms with Crippen LogP contribution in [0.2, 0.25) is 0 Å². The molecule has 1 aliphatic heterocycles. The molecule has 0 bridgehead atoms. The maximum Gasteiger partial charge on any atom is 0.236 e. The maximum absolute atomic E-state index is 12.9. The van der Waals surface area contributed by atoms with Crippen molar-refractivity contribution in [1.82, 2.24) is 15.1 Å². The minimum Gasteiger partial charge on any atom is -0.337 e. The minimum atomic E-state index is -0.190. The fourth-order valence-electron chi connectivity index (χ4n) is 3.30. The third-order valence-corrected chi connectivity index (χ3v) is 6.75. The van der Waals surface area contributed by atoms with Crippen LogP contribution in [0.4, 0.5) is 10.8 Å². The summed E-state index contributed by atoms with van der Waals surface area (Å²) in [6, 6.07) is 16.5. The Morgan fingerprint density at radius 1 is 1.18 bits per heavy atom. The number of thioether (sulfide) groups is 1. The molecule has 3 aromatic rings. The zero-order chi connectivity index (χ0) is 19.5. The lowest BCUT2D eigenvalue weighted by molar-refractivity contribution is -0.131. The predicted octanol–water partition coefficient (Wildman–Crippen LogP) is 4.66. The first kappa shape index (κ1) is 19.0. The molecule has 5 nitrogen and oxygen atoms in total. The van der Waals surface area contributed by atoms with Crippen molar-refractivity contribution in [1.29, 1.82) is 0 Å². The highest BCUT2D eigenvalue weighted by Gasteiger charge is 2.26. The molecule has 144 valence electrons. The lowest BCUT2D eigenvalue weighted by atomic mass is 10.00. The van der Waals surface area contributed by atoms with Gasteiger partial charge in [-0.25, -0.2) is 0 Å². The van der Waals surface area contributed by atoms with E-state index in [9.17, 15) is 4.79 Å². The molecule has 0 unspecified atom stereocenters. The van der Waals surface area contributed by atoms with Gasteiger partial charge in [-0.3, -0.25) is 4.79 Å². The van der Waals surface area contributed by atoms with Crippen molar-refractivity contribution in [2.24, 2.45) is 0 Å². The number of aromatic nitrogens is 2. The zero-order valence-electron chi connectivity index (χ0n) is 15.9. The van der Waals surface area contributed by atoms with Crippen LogP contribution in [-0.2, 0) is 17.8 Å². The second kappa shape index (κ2) is 8.32. The SMILES string of the molecule is Cc1cccc(Nc2nnc(S[C@H](C)C(=O)N3CCc4ccccc4C3)s2)c1. The molecule has 7 heteroatoms. The van der Waals surface area contributed by atoms with Crippen LogP contribution in [-0.4, -0.2) is 32.8 Å². The normalized spacial score (nSPS) is 14.4. The molecule has 2 heterocycles. The first-order chi connectivity index (χ1) is 13.6. The molecule has 0 aliphatic carbocycles. The number of fused-ring (bicyclic) bond motifs is 1. The number of anilines is 2. The number of benzene rings is 2. The van der Waals surface area contributed by atoms with Gasteiger partial charge in [0, 0.05) is 18.8 Å². The fourth-order valence-corrected chi connectivity index (χ4v) is 5.30. The standard InChI is InChI=1S/C21H22N4OS2/c1-14-6-5-9-18(12-14)22-20-23-24-21(28-20)27-15(2)19(26)25-11-10-16-7-3-4-8-17(16)13-25/h3-9,12,15H,10-11,13H2,1-2H3,(H,22,23)/t15-/m1/s1. The molecule has 1 atom stereocenters. The molecular formula is C21H22N4OS2. The fraction of sp³-hybridized carbons (Fsp3) is 0.286. The number of carbonyl (C=O) groups is 1. The van der Waals surface area contributed by atoms with Gasteiger partial charge in [0.1, 0.15) is 0 Å². The van der Waals surface area contributed by atoms with Gasteiger partial charge in [-0.05, 0) is 49.1 Å². The third-order valence-electron chi connectivity index (χ3n) is 4.74. The molecule has 1 aromatic heterocycles. The smallest absolute Gasteiger partial charge is 0.236 e. The van der Waals surface area contributed by atoms with E-state index < -0.39 is 0 Å². The third kappa shape index (κ3) is 4.36. The molecular weight excluding hydrogens is 388 g/mol. The summed E-state index contributed by atoms with van der Waals surface area (Å²) in [5.41, 5.74) is 4.78. The van der Waals surface area contributed by atoms with E-state index in [1.165, 1.54) is 39.8 Å². The topological polar surface area (TPSA) is 58.1 Å². The van der Waals surface area contributed by atoms with Crippen LogP contribution in [0, 0.1) is 6.92 Å². The summed E-state index contributed by atoms with van der Waals surface area (Å²) in [4.78, 5) is 14.8. The Hall–Kier alpha value is -2.38. The van der Waals surface area contributed by atoms with Crippen molar-refractivity contribution >= 4 is 39.8 Å². The molecule has 0 spiro atoms. The molecule has 1 N–H and O–H groups in total. The van der Waals surface area contributed by atoms with Crippen molar-refractivity contribution in [3.8, 4) is 0 Å². The largest absolute Gasteiger partial charge is 0.337 e. The summed E-state index contributed by atoms with van der Waals surface area (Å²) in [5.74, 6) is 0.155. The van der Waals surface area contributed by atoms with E-state index in [1.807, 2.05) is 30.0 Å². The first-order valence-electron chi connectivity index (χ1n) is 9.28. The number of nitrogens with one attached hydrogen (secondary N) is 1. The lowest BCUT2D eigenvalue weighted by Crippen LogP contribution is -2.40. The van der Waals surface area contributed by atoms with Crippen molar-refractivity contribution < 1.29 is 4.79 Å². The second-order valence-corrected chi connectivity index (χ2v) is 9.47. The molecule has 0 saturated carbocycles. The Balaban J connectivity index is 1.37. The van der Waals surface area contributed by atoms with Gasteiger partial charge in [0.05, 0.1) is 5.25 Å². The van der Waals surface area contributed by atoms with Gasteiger partial charge in [-0.15, -0.1) is 10.2 Å². The number of hydrogen-bond donors (Lipinski definition) is 1. The van der Waals surface area contributed by atoms with Crippen LogP contribution in [0.25, 0.3) is 0 Å². The average molecular weight is 411 g/mol. The van der Waals surface area contributed by atoms with Gasteiger partial charge in [0.25, 0.3) is 0 Å². The Bertz CT molecular complexity index is 988. The van der Waals surface area contributed by atoms with E-state index >= 15 is 0 Å². The first-order valence-corrected chi connectivity index (χ1v) is 11.0. The summed E-state index contributed by atoms with van der Waals surface area (Å²) in [6.07, 6.45) is 0.919. The number of aryl methyl sites for hydroxylation is 1. The number of amides is 1. The van der Waals surface area contributed by atoms with Crippen LogP contribution >= 0.6 is 23.1 Å². The number of nitrogens with zero attached hydrogens (tertiary/aromatic N) is 3. The van der Waals surface area contributed by atoms with Crippen molar-refractivity contribution in [2.45, 2.75) is 36.4 Å². The average Bonchev–Trinajstić information content (AvgIpc) is 3.13. The Labute approximate surface area is 173 Å². The zero-order valence-corrected chi connectivity index (χ0v) is 17.5. The van der Waals surface area contributed by atoms with E-state index in [1.54, 1.807) is 0 Å². The summed E-state index contributed by atoms with van der Waals surface area (Å²) >= 11 is 2.95.